The average Bonchev–Trinajstić information content (AvgIpc) is 3.01. The summed E-state index contributed by atoms with van der Waals surface area (Å²) in [6.07, 6.45) is 1.91. The zero-order valence-electron chi connectivity index (χ0n) is 20.4. The zero-order chi connectivity index (χ0) is 25.5. The van der Waals surface area contributed by atoms with Gasteiger partial charge in [-0.25, -0.2) is 4.79 Å². The molecule has 9 nitrogen and oxygen atoms in total. The Morgan fingerprint density at radius 3 is 2.57 bits per heavy atom. The summed E-state index contributed by atoms with van der Waals surface area (Å²) in [6, 6.07) is 6.75. The molecule has 3 aliphatic rings. The highest BCUT2D eigenvalue weighted by molar-refractivity contribution is 6.24. The van der Waals surface area contributed by atoms with Gasteiger partial charge in [0, 0.05) is 24.1 Å². The largest absolute Gasteiger partial charge is 0.468 e. The van der Waals surface area contributed by atoms with Crippen LogP contribution in [0.25, 0.3) is 0 Å². The molecule has 0 fully saturated rings. The number of amides is 1. The van der Waals surface area contributed by atoms with Crippen molar-refractivity contribution in [3.63, 3.8) is 0 Å². The van der Waals surface area contributed by atoms with Crippen molar-refractivity contribution in [3.8, 4) is 0 Å². The van der Waals surface area contributed by atoms with Gasteiger partial charge in [-0.05, 0) is 17.9 Å². The van der Waals surface area contributed by atoms with Crippen LogP contribution in [0, 0.1) is 5.41 Å². The number of benzene rings is 1. The van der Waals surface area contributed by atoms with Crippen molar-refractivity contribution in [2.75, 3.05) is 25.2 Å². The van der Waals surface area contributed by atoms with Gasteiger partial charge < -0.3 is 19.9 Å². The van der Waals surface area contributed by atoms with Crippen LogP contribution < -0.4 is 10.6 Å². The smallest absolute Gasteiger partial charge is 0.341 e. The van der Waals surface area contributed by atoms with E-state index in [9.17, 15) is 19.2 Å². The number of fused-ring (bicyclic) bond motifs is 3. The van der Waals surface area contributed by atoms with E-state index < -0.39 is 35.2 Å². The van der Waals surface area contributed by atoms with E-state index in [4.69, 9.17) is 19.9 Å². The number of allylic oxidation sites excluding steroid dienone is 1. The third-order valence-corrected chi connectivity index (χ3v) is 6.68. The normalized spacial score (nSPS) is 22.7. The molecule has 1 aliphatic carbocycles. The Kier molecular flexibility index (Phi) is 6.21. The van der Waals surface area contributed by atoms with E-state index >= 15 is 0 Å². The Labute approximate surface area is 203 Å². The monoisotopic (exact) mass is 482 g/mol. The third kappa shape index (κ3) is 3.79. The summed E-state index contributed by atoms with van der Waals surface area (Å²) in [6.45, 7) is 5.53. The second-order valence-corrected chi connectivity index (χ2v) is 9.80. The highest BCUT2D eigenvalue weighted by Crippen LogP contribution is 2.57. The predicted molar refractivity (Wildman–Crippen MR) is 126 cm³/mol. The number of ether oxygens (including phenoxy) is 3. The maximum absolute atomic E-state index is 14.3. The Balaban J connectivity index is 1.99. The number of ketones is 1. The molecule has 2 heterocycles. The molecule has 0 saturated carbocycles. The van der Waals surface area contributed by atoms with E-state index in [1.54, 1.807) is 24.3 Å². The lowest BCUT2D eigenvalue weighted by Gasteiger charge is -2.42. The maximum atomic E-state index is 14.3. The van der Waals surface area contributed by atoms with Crippen LogP contribution in [-0.2, 0) is 38.8 Å². The number of para-hydroxylation sites is 1. The number of carbonyl (C=O) groups is 4. The van der Waals surface area contributed by atoms with E-state index in [2.05, 4.69) is 0 Å². The molecule has 186 valence electrons. The number of Topliss-reactive ketones (excluding diaryl/α,β-unsaturated/α-hetero) is 1. The van der Waals surface area contributed by atoms with E-state index in [0.29, 0.717) is 24.1 Å². The lowest BCUT2D eigenvalue weighted by atomic mass is 9.62. The fourth-order valence-corrected chi connectivity index (χ4v) is 5.19. The highest BCUT2D eigenvalue weighted by atomic mass is 16.5. The SMILES string of the molecule is CCCCOC(=O)C1=C(N)OC2=C(C(=O)CC(C)(C)C2)C12C(=O)N(CC(=O)OC)c1ccccc12. The summed E-state index contributed by atoms with van der Waals surface area (Å²) in [5.74, 6) is -2.45. The van der Waals surface area contributed by atoms with Gasteiger partial charge in [0.25, 0.3) is 0 Å². The standard InChI is InChI=1S/C26H30N2O7/c1-5-6-11-34-23(31)21-22(27)35-18-13-25(2,3)12-17(29)20(18)26(21)15-9-7-8-10-16(15)28(24(26)32)14-19(30)33-4/h7-10H,5-6,11-14,27H2,1-4H3. The third-order valence-electron chi connectivity index (χ3n) is 6.68. The van der Waals surface area contributed by atoms with Gasteiger partial charge in [0.2, 0.25) is 11.8 Å². The quantitative estimate of drug-likeness (QED) is 0.485. The molecular formula is C26H30N2O7. The van der Waals surface area contributed by atoms with E-state index in [1.807, 2.05) is 20.8 Å². The van der Waals surface area contributed by atoms with Crippen LogP contribution in [0.1, 0.15) is 52.0 Å². The van der Waals surface area contributed by atoms with E-state index in [0.717, 1.165) is 6.42 Å². The van der Waals surface area contributed by atoms with Gasteiger partial charge in [-0.15, -0.1) is 0 Å². The first-order valence-electron chi connectivity index (χ1n) is 11.7. The van der Waals surface area contributed by atoms with Crippen molar-refractivity contribution < 1.29 is 33.4 Å². The van der Waals surface area contributed by atoms with Gasteiger partial charge in [0.15, 0.2) is 5.78 Å². The van der Waals surface area contributed by atoms with Crippen LogP contribution in [0.3, 0.4) is 0 Å². The van der Waals surface area contributed by atoms with Gasteiger partial charge in [0.1, 0.15) is 23.3 Å². The Bertz CT molecular complexity index is 1180. The minimum absolute atomic E-state index is 0.0817. The predicted octanol–water partition coefficient (Wildman–Crippen LogP) is 2.63. The first kappa shape index (κ1) is 24.5. The number of hydrogen-bond donors (Lipinski definition) is 1. The number of unbranched alkanes of at least 4 members (excludes halogenated alkanes) is 1. The summed E-state index contributed by atoms with van der Waals surface area (Å²) in [4.78, 5) is 54.9. The molecule has 0 radical (unpaired) electrons. The molecule has 0 bridgehead atoms. The lowest BCUT2D eigenvalue weighted by Crippen LogP contribution is -2.53. The molecule has 9 heteroatoms. The second kappa shape index (κ2) is 8.87. The molecule has 35 heavy (non-hydrogen) atoms. The lowest BCUT2D eigenvalue weighted by molar-refractivity contribution is -0.142. The van der Waals surface area contributed by atoms with Crippen molar-refractivity contribution in [2.45, 2.75) is 51.9 Å². The number of esters is 2. The number of hydrogen-bond acceptors (Lipinski definition) is 8. The van der Waals surface area contributed by atoms with Gasteiger partial charge in [-0.2, -0.15) is 0 Å². The minimum atomic E-state index is -1.88. The van der Waals surface area contributed by atoms with Crippen LogP contribution in [0.5, 0.6) is 0 Å². The second-order valence-electron chi connectivity index (χ2n) is 9.80. The fraction of sp³-hybridized carbons (Fsp3) is 0.462. The molecule has 1 aromatic carbocycles. The first-order chi connectivity index (χ1) is 16.6. The summed E-state index contributed by atoms with van der Waals surface area (Å²) < 4.78 is 16.2. The Hall–Kier alpha value is -3.62. The van der Waals surface area contributed by atoms with Crippen molar-refractivity contribution in [1.29, 1.82) is 0 Å². The molecule has 4 rings (SSSR count). The molecule has 2 aliphatic heterocycles. The number of anilines is 1. The van der Waals surface area contributed by atoms with E-state index in [1.165, 1.54) is 12.0 Å². The summed E-state index contributed by atoms with van der Waals surface area (Å²) in [7, 11) is 1.22. The molecule has 1 spiro atoms. The van der Waals surface area contributed by atoms with Crippen molar-refractivity contribution in [2.24, 2.45) is 11.1 Å². The maximum Gasteiger partial charge on any atom is 0.341 e. The van der Waals surface area contributed by atoms with Gasteiger partial charge in [-0.1, -0.05) is 45.4 Å². The first-order valence-corrected chi connectivity index (χ1v) is 11.7. The molecule has 1 unspecified atom stereocenters. The topological polar surface area (TPSA) is 125 Å². The molecule has 1 amide bonds. The van der Waals surface area contributed by atoms with Crippen LogP contribution in [-0.4, -0.2) is 43.9 Å². The zero-order valence-corrected chi connectivity index (χ0v) is 20.4. The van der Waals surface area contributed by atoms with E-state index in [-0.39, 0.29) is 41.6 Å². The Morgan fingerprint density at radius 2 is 1.89 bits per heavy atom. The van der Waals surface area contributed by atoms with Crippen molar-refractivity contribution in [3.05, 3.63) is 52.6 Å². The number of methoxy groups -OCH3 is 1. The molecular weight excluding hydrogens is 452 g/mol. The highest BCUT2D eigenvalue weighted by Gasteiger charge is 2.64. The number of nitrogens with zero attached hydrogens (tertiary/aromatic N) is 1. The molecule has 0 aromatic heterocycles. The van der Waals surface area contributed by atoms with Crippen LogP contribution in [0.15, 0.2) is 47.1 Å². The van der Waals surface area contributed by atoms with Gasteiger partial charge in [0.05, 0.1) is 19.3 Å². The molecule has 1 aromatic rings. The minimum Gasteiger partial charge on any atom is -0.468 e. The van der Waals surface area contributed by atoms with Crippen LogP contribution in [0.2, 0.25) is 0 Å². The van der Waals surface area contributed by atoms with Crippen molar-refractivity contribution >= 4 is 29.3 Å². The van der Waals surface area contributed by atoms with Gasteiger partial charge >= 0.3 is 11.9 Å². The average molecular weight is 483 g/mol. The van der Waals surface area contributed by atoms with Crippen molar-refractivity contribution in [1.82, 2.24) is 0 Å². The number of rotatable bonds is 6. The van der Waals surface area contributed by atoms with Gasteiger partial charge in [-0.3, -0.25) is 19.3 Å². The van der Waals surface area contributed by atoms with Crippen LogP contribution in [0.4, 0.5) is 5.69 Å². The molecule has 0 saturated heterocycles. The summed E-state index contributed by atoms with van der Waals surface area (Å²) in [5, 5.41) is 0. The number of nitrogens with two attached hydrogens (primary N) is 1. The summed E-state index contributed by atoms with van der Waals surface area (Å²) in [5.41, 5.74) is 4.64. The molecule has 1 atom stereocenters. The van der Waals surface area contributed by atoms with Crippen LogP contribution >= 0.6 is 0 Å². The Morgan fingerprint density at radius 1 is 1.17 bits per heavy atom. The number of carbonyl (C=O) groups excluding carboxylic acids is 4. The summed E-state index contributed by atoms with van der Waals surface area (Å²) >= 11 is 0. The molecule has 2 N–H and O–H groups in total. The fourth-order valence-electron chi connectivity index (χ4n) is 5.19.